The van der Waals surface area contributed by atoms with Crippen LogP contribution in [0.5, 0.6) is 0 Å². The minimum absolute atomic E-state index is 0.150. The van der Waals surface area contributed by atoms with Crippen LogP contribution in [0.15, 0.2) is 30.3 Å². The van der Waals surface area contributed by atoms with Gasteiger partial charge in [0.25, 0.3) is 0 Å². The molecule has 0 radical (unpaired) electrons. The molecule has 1 aromatic carbocycles. The molecule has 0 saturated heterocycles. The Bertz CT molecular complexity index is 208. The minimum Gasteiger partial charge on any atom is -0.324 e. The standard InChI is InChI=1S/C9H14NP/c1-7(9(10)11)8-5-3-2-4-6-8/h2-7,9H,10-11H2,1H3. The summed E-state index contributed by atoms with van der Waals surface area (Å²) in [5.74, 6) is 0.568. The van der Waals surface area contributed by atoms with Gasteiger partial charge in [0.05, 0.1) is 0 Å². The van der Waals surface area contributed by atoms with Crippen LogP contribution in [-0.4, -0.2) is 5.78 Å². The Balaban J connectivity index is 2.77. The first-order valence-electron chi connectivity index (χ1n) is 3.78. The van der Waals surface area contributed by atoms with Crippen LogP contribution < -0.4 is 5.73 Å². The van der Waals surface area contributed by atoms with E-state index in [4.69, 9.17) is 5.73 Å². The number of benzene rings is 1. The molecule has 0 aliphatic carbocycles. The van der Waals surface area contributed by atoms with Gasteiger partial charge in [-0.2, -0.15) is 0 Å². The van der Waals surface area contributed by atoms with Crippen LogP contribution in [0.1, 0.15) is 18.4 Å². The van der Waals surface area contributed by atoms with Crippen molar-refractivity contribution >= 4 is 9.24 Å². The summed E-state index contributed by atoms with van der Waals surface area (Å²) in [5.41, 5.74) is 7.03. The first kappa shape index (κ1) is 8.70. The summed E-state index contributed by atoms with van der Waals surface area (Å²) < 4.78 is 0. The van der Waals surface area contributed by atoms with Crippen molar-refractivity contribution in [2.45, 2.75) is 18.6 Å². The molecule has 2 heteroatoms. The SMILES string of the molecule is CC(c1ccccc1)C(N)P. The molecule has 0 aliphatic heterocycles. The van der Waals surface area contributed by atoms with Gasteiger partial charge in [-0.05, 0) is 11.5 Å². The highest BCUT2D eigenvalue weighted by Crippen LogP contribution is 2.20. The fourth-order valence-electron chi connectivity index (χ4n) is 0.979. The number of rotatable bonds is 2. The summed E-state index contributed by atoms with van der Waals surface area (Å²) in [6.45, 7) is 2.13. The monoisotopic (exact) mass is 167 g/mol. The zero-order chi connectivity index (χ0) is 8.27. The molecule has 0 heterocycles. The maximum atomic E-state index is 5.73. The maximum Gasteiger partial charge on any atom is 0.0251 e. The van der Waals surface area contributed by atoms with E-state index < -0.39 is 0 Å². The van der Waals surface area contributed by atoms with Gasteiger partial charge < -0.3 is 5.73 Å². The summed E-state index contributed by atoms with van der Waals surface area (Å²) in [6.07, 6.45) is 0. The Morgan fingerprint density at radius 3 is 2.27 bits per heavy atom. The van der Waals surface area contributed by atoms with E-state index in [2.05, 4.69) is 28.3 Å². The molecule has 2 N–H and O–H groups in total. The van der Waals surface area contributed by atoms with E-state index in [0.29, 0.717) is 5.92 Å². The van der Waals surface area contributed by atoms with Crippen LogP contribution in [0.25, 0.3) is 0 Å². The van der Waals surface area contributed by atoms with Gasteiger partial charge in [-0.15, -0.1) is 9.24 Å². The summed E-state index contributed by atoms with van der Waals surface area (Å²) in [5, 5.41) is 0. The summed E-state index contributed by atoms with van der Waals surface area (Å²) in [7, 11) is 2.62. The molecule has 1 aromatic rings. The Morgan fingerprint density at radius 2 is 1.82 bits per heavy atom. The van der Waals surface area contributed by atoms with Crippen molar-refractivity contribution in [1.82, 2.24) is 0 Å². The molecule has 0 aliphatic rings. The third-order valence-electron chi connectivity index (χ3n) is 1.90. The van der Waals surface area contributed by atoms with Crippen molar-refractivity contribution in [3.8, 4) is 0 Å². The molecule has 3 unspecified atom stereocenters. The Hall–Kier alpha value is -0.390. The molecule has 0 amide bonds. The van der Waals surface area contributed by atoms with Crippen molar-refractivity contribution < 1.29 is 0 Å². The van der Waals surface area contributed by atoms with Crippen molar-refractivity contribution in [1.29, 1.82) is 0 Å². The average molecular weight is 167 g/mol. The molecule has 0 spiro atoms. The van der Waals surface area contributed by atoms with Crippen molar-refractivity contribution in [3.63, 3.8) is 0 Å². The topological polar surface area (TPSA) is 26.0 Å². The molecule has 0 aromatic heterocycles. The maximum absolute atomic E-state index is 5.73. The lowest BCUT2D eigenvalue weighted by molar-refractivity contribution is 0.727. The predicted molar refractivity (Wildman–Crippen MR) is 52.5 cm³/mol. The van der Waals surface area contributed by atoms with Gasteiger partial charge in [-0.1, -0.05) is 37.3 Å². The van der Waals surface area contributed by atoms with E-state index in [9.17, 15) is 0 Å². The number of nitrogens with two attached hydrogens (primary N) is 1. The fourth-order valence-corrected chi connectivity index (χ4v) is 1.20. The van der Waals surface area contributed by atoms with E-state index in [1.165, 1.54) is 5.56 Å². The van der Waals surface area contributed by atoms with E-state index >= 15 is 0 Å². The van der Waals surface area contributed by atoms with E-state index in [0.717, 1.165) is 0 Å². The van der Waals surface area contributed by atoms with Gasteiger partial charge in [-0.3, -0.25) is 0 Å². The third kappa shape index (κ3) is 2.28. The Labute approximate surface area is 70.2 Å². The van der Waals surface area contributed by atoms with Crippen molar-refractivity contribution in [3.05, 3.63) is 35.9 Å². The van der Waals surface area contributed by atoms with Crippen molar-refractivity contribution in [2.75, 3.05) is 0 Å². The Kier molecular flexibility index (Phi) is 3.04. The molecular formula is C9H14NP. The fraction of sp³-hybridized carbons (Fsp3) is 0.333. The Morgan fingerprint density at radius 1 is 1.27 bits per heavy atom. The third-order valence-corrected chi connectivity index (χ3v) is 2.48. The highest BCUT2D eigenvalue weighted by Gasteiger charge is 2.08. The lowest BCUT2D eigenvalue weighted by atomic mass is 10.0. The van der Waals surface area contributed by atoms with Gasteiger partial charge in [0.15, 0.2) is 0 Å². The highest BCUT2D eigenvalue weighted by atomic mass is 31.0. The zero-order valence-electron chi connectivity index (χ0n) is 6.70. The van der Waals surface area contributed by atoms with Gasteiger partial charge in [-0.25, -0.2) is 0 Å². The molecular weight excluding hydrogens is 153 g/mol. The molecule has 11 heavy (non-hydrogen) atoms. The number of hydrogen-bond acceptors (Lipinski definition) is 1. The van der Waals surface area contributed by atoms with E-state index in [-0.39, 0.29) is 5.78 Å². The lowest BCUT2D eigenvalue weighted by Gasteiger charge is -2.14. The molecule has 0 bridgehead atoms. The predicted octanol–water partition coefficient (Wildman–Crippen LogP) is 1.95. The lowest BCUT2D eigenvalue weighted by Crippen LogP contribution is -2.18. The molecule has 3 atom stereocenters. The first-order chi connectivity index (χ1) is 5.22. The van der Waals surface area contributed by atoms with Crippen LogP contribution in [-0.2, 0) is 0 Å². The first-order valence-corrected chi connectivity index (χ1v) is 4.44. The van der Waals surface area contributed by atoms with Crippen LogP contribution in [0.3, 0.4) is 0 Å². The van der Waals surface area contributed by atoms with Gasteiger partial charge in [0.1, 0.15) is 0 Å². The average Bonchev–Trinajstić information content (AvgIpc) is 2.05. The minimum atomic E-state index is 0.150. The van der Waals surface area contributed by atoms with Gasteiger partial charge in [0, 0.05) is 5.78 Å². The van der Waals surface area contributed by atoms with E-state index in [1.807, 2.05) is 18.2 Å². The largest absolute Gasteiger partial charge is 0.324 e. The second-order valence-corrected chi connectivity index (χ2v) is 3.55. The van der Waals surface area contributed by atoms with Crippen LogP contribution in [0.2, 0.25) is 0 Å². The van der Waals surface area contributed by atoms with Crippen LogP contribution in [0.4, 0.5) is 0 Å². The molecule has 0 saturated carbocycles. The van der Waals surface area contributed by atoms with E-state index in [1.54, 1.807) is 0 Å². The van der Waals surface area contributed by atoms with Crippen LogP contribution in [0, 0.1) is 0 Å². The van der Waals surface area contributed by atoms with Gasteiger partial charge in [0.2, 0.25) is 0 Å². The number of hydrogen-bond donors (Lipinski definition) is 1. The van der Waals surface area contributed by atoms with Crippen molar-refractivity contribution in [2.24, 2.45) is 5.73 Å². The summed E-state index contributed by atoms with van der Waals surface area (Å²) in [6, 6.07) is 10.3. The molecule has 60 valence electrons. The molecule has 1 nitrogen and oxygen atoms in total. The smallest absolute Gasteiger partial charge is 0.0251 e. The summed E-state index contributed by atoms with van der Waals surface area (Å²) in [4.78, 5) is 0. The van der Waals surface area contributed by atoms with Gasteiger partial charge >= 0.3 is 0 Å². The molecule has 0 fully saturated rings. The second-order valence-electron chi connectivity index (χ2n) is 2.78. The zero-order valence-corrected chi connectivity index (χ0v) is 7.85. The highest BCUT2D eigenvalue weighted by molar-refractivity contribution is 7.17. The normalized spacial score (nSPS) is 15.9. The quantitative estimate of drug-likeness (QED) is 0.669. The van der Waals surface area contributed by atoms with Crippen LogP contribution >= 0.6 is 9.24 Å². The summed E-state index contributed by atoms with van der Waals surface area (Å²) >= 11 is 0. The molecule has 1 rings (SSSR count). The second kappa shape index (κ2) is 3.85.